The van der Waals surface area contributed by atoms with Crippen LogP contribution in [0.25, 0.3) is 0 Å². The molecule has 0 radical (unpaired) electrons. The minimum Gasteiger partial charge on any atom is -0.454 e. The Balaban J connectivity index is 3.14. The van der Waals surface area contributed by atoms with Crippen molar-refractivity contribution in [2.75, 3.05) is 6.61 Å². The van der Waals surface area contributed by atoms with Gasteiger partial charge in [-0.3, -0.25) is 0 Å². The molecule has 1 aliphatic rings. The van der Waals surface area contributed by atoms with Crippen LogP contribution < -0.4 is 0 Å². The number of halogens is 10. The predicted molar refractivity (Wildman–Crippen MR) is 46.1 cm³/mol. The van der Waals surface area contributed by atoms with E-state index < -0.39 is 52.2 Å². The maximum Gasteiger partial charge on any atom is 0.464 e. The molecule has 0 spiro atoms. The highest BCUT2D eigenvalue weighted by Crippen LogP contribution is 2.49. The molecule has 5 nitrogen and oxygen atoms in total. The van der Waals surface area contributed by atoms with Crippen molar-refractivity contribution < 1.29 is 66.0 Å². The molecule has 0 aromatic heterocycles. The van der Waals surface area contributed by atoms with Crippen LogP contribution in [0.5, 0.6) is 0 Å². The second kappa shape index (κ2) is 5.29. The van der Waals surface area contributed by atoms with Crippen molar-refractivity contribution in [1.82, 2.24) is 0 Å². The molecule has 1 unspecified atom stereocenters. The monoisotopic (exact) mass is 388 g/mol. The average molecular weight is 388 g/mol. The molecule has 0 saturated carbocycles. The molecule has 23 heavy (non-hydrogen) atoms. The van der Waals surface area contributed by atoms with Gasteiger partial charge < -0.3 is 9.47 Å². The van der Waals surface area contributed by atoms with Gasteiger partial charge in [-0.1, -0.05) is 3.89 Å². The first-order valence-corrected chi connectivity index (χ1v) is 6.19. The smallest absolute Gasteiger partial charge is 0.454 e. The summed E-state index contributed by atoms with van der Waals surface area (Å²) in [6.07, 6.45) is -16.0. The molecule has 0 aromatic carbocycles. The molecule has 1 heterocycles. The van der Waals surface area contributed by atoms with Gasteiger partial charge in [0.2, 0.25) is 0 Å². The maximum atomic E-state index is 13.5. The van der Waals surface area contributed by atoms with Gasteiger partial charge in [0.15, 0.2) is 6.61 Å². The molecule has 0 N–H and O–H groups in total. The first-order valence-electron chi connectivity index (χ1n) is 4.81. The lowest BCUT2D eigenvalue weighted by atomic mass is 10.3. The number of ether oxygens (including phenoxy) is 3. The van der Waals surface area contributed by atoms with Crippen molar-refractivity contribution in [3.05, 3.63) is 12.0 Å². The van der Waals surface area contributed by atoms with Crippen molar-refractivity contribution >= 4 is 10.2 Å². The van der Waals surface area contributed by atoms with E-state index in [9.17, 15) is 51.8 Å². The highest BCUT2D eigenvalue weighted by Gasteiger charge is 2.76. The molecule has 0 bridgehead atoms. The Morgan fingerprint density at radius 3 is 1.96 bits per heavy atom. The Labute approximate surface area is 119 Å². The van der Waals surface area contributed by atoms with E-state index in [1.807, 2.05) is 4.74 Å². The fourth-order valence-corrected chi connectivity index (χ4v) is 1.36. The fourth-order valence-electron chi connectivity index (χ4n) is 1.04. The molecular weight excluding hydrogens is 386 g/mol. The minimum absolute atomic E-state index is 2.05. The van der Waals surface area contributed by atoms with Crippen LogP contribution in [0, 0.1) is 0 Å². The fraction of sp³-hybridized carbons (Fsp3) is 0.714. The van der Waals surface area contributed by atoms with Gasteiger partial charge in [-0.15, -0.1) is 0 Å². The molecule has 0 aliphatic carbocycles. The lowest BCUT2D eigenvalue weighted by Crippen LogP contribution is -2.57. The highest BCUT2D eigenvalue weighted by atomic mass is 32.3. The Morgan fingerprint density at radius 1 is 1.13 bits per heavy atom. The van der Waals surface area contributed by atoms with E-state index >= 15 is 0 Å². The summed E-state index contributed by atoms with van der Waals surface area (Å²) in [4.78, 5) is 0. The highest BCUT2D eigenvalue weighted by molar-refractivity contribution is 7.87. The quantitative estimate of drug-likeness (QED) is 0.536. The number of rotatable bonds is 5. The van der Waals surface area contributed by atoms with Crippen molar-refractivity contribution in [1.29, 1.82) is 0 Å². The van der Waals surface area contributed by atoms with E-state index in [0.29, 0.717) is 0 Å². The van der Waals surface area contributed by atoms with Gasteiger partial charge in [0.25, 0.3) is 0 Å². The number of alkyl halides is 7. The van der Waals surface area contributed by atoms with E-state index in [1.165, 1.54) is 0 Å². The molecule has 1 aliphatic heterocycles. The zero-order valence-electron chi connectivity index (χ0n) is 9.94. The second-order valence-electron chi connectivity index (χ2n) is 3.76. The van der Waals surface area contributed by atoms with Gasteiger partial charge in [-0.25, -0.2) is 4.74 Å². The largest absolute Gasteiger partial charge is 0.464 e. The molecule has 0 amide bonds. The predicted octanol–water partition coefficient (Wildman–Crippen LogP) is 2.86. The van der Waals surface area contributed by atoms with E-state index in [2.05, 4.69) is 9.47 Å². The molecule has 1 atom stereocenters. The van der Waals surface area contributed by atoms with E-state index in [-0.39, 0.29) is 0 Å². The van der Waals surface area contributed by atoms with Gasteiger partial charge in [0.05, 0.1) is 0 Å². The van der Waals surface area contributed by atoms with Gasteiger partial charge in [-0.2, -0.15) is 47.9 Å². The summed E-state index contributed by atoms with van der Waals surface area (Å²) in [7, 11) is -7.47. The molecule has 1 rings (SSSR count). The first-order chi connectivity index (χ1) is 9.97. The Bertz CT molecular complexity index is 611. The Kier molecular flexibility index (Phi) is 4.50. The van der Waals surface area contributed by atoms with Crippen molar-refractivity contribution in [3.8, 4) is 0 Å². The van der Waals surface area contributed by atoms with Crippen LogP contribution in [-0.4, -0.2) is 38.4 Å². The van der Waals surface area contributed by atoms with Crippen LogP contribution in [0.4, 0.5) is 43.4 Å². The second-order valence-corrected chi connectivity index (χ2v) is 5.15. The van der Waals surface area contributed by atoms with E-state index in [0.717, 1.165) is 0 Å². The van der Waals surface area contributed by atoms with Crippen molar-refractivity contribution in [2.24, 2.45) is 0 Å². The Morgan fingerprint density at radius 2 is 1.61 bits per heavy atom. The molecule has 136 valence electrons. The van der Waals surface area contributed by atoms with Crippen molar-refractivity contribution in [2.45, 2.75) is 23.3 Å². The molecule has 1 saturated heterocycles. The average Bonchev–Trinajstić information content (AvgIpc) is 2.70. The van der Waals surface area contributed by atoms with Gasteiger partial charge in [0, 0.05) is 0 Å². The van der Waals surface area contributed by atoms with Crippen LogP contribution in [0.1, 0.15) is 0 Å². The first kappa shape index (κ1) is 19.6. The molecule has 16 heteroatoms. The van der Waals surface area contributed by atoms with E-state index in [4.69, 9.17) is 0 Å². The SMILES string of the molecule is O=S(=O)(F)C(F)(F)C(F)(F)OC(F)(F)C1(F)COC(=C(F)F)O1. The summed E-state index contributed by atoms with van der Waals surface area (Å²) >= 11 is 0. The van der Waals surface area contributed by atoms with Crippen LogP contribution in [-0.2, 0) is 24.4 Å². The third-order valence-corrected chi connectivity index (χ3v) is 2.98. The molecule has 1 fully saturated rings. The number of hydrogen-bond donors (Lipinski definition) is 0. The molecular formula is C7H2F10O5S. The standard InChI is InChI=1S/C7H2F10O5S/c8-2(9)3-20-1-4(10,21-3)5(11,12)22-6(13,14)7(15,16)23(17,18)19/h1H2. The third-order valence-electron chi connectivity index (χ3n) is 2.13. The summed E-state index contributed by atoms with van der Waals surface area (Å²) < 4.78 is 155. The van der Waals surface area contributed by atoms with Gasteiger partial charge >= 0.3 is 45.6 Å². The zero-order valence-corrected chi connectivity index (χ0v) is 10.8. The summed E-state index contributed by atoms with van der Waals surface area (Å²) in [6, 6.07) is 0. The maximum absolute atomic E-state index is 13.5. The summed E-state index contributed by atoms with van der Waals surface area (Å²) in [6.45, 7) is -2.21. The summed E-state index contributed by atoms with van der Waals surface area (Å²) in [5.41, 5.74) is 0. The number of hydrogen-bond acceptors (Lipinski definition) is 5. The third kappa shape index (κ3) is 3.26. The van der Waals surface area contributed by atoms with Gasteiger partial charge in [-0.05, 0) is 0 Å². The summed E-state index contributed by atoms with van der Waals surface area (Å²) in [5.74, 6) is -7.13. The van der Waals surface area contributed by atoms with Crippen LogP contribution in [0.2, 0.25) is 0 Å². The lowest BCUT2D eigenvalue weighted by Gasteiger charge is -2.31. The van der Waals surface area contributed by atoms with Gasteiger partial charge in [0.1, 0.15) is 0 Å². The van der Waals surface area contributed by atoms with Crippen LogP contribution in [0.3, 0.4) is 0 Å². The van der Waals surface area contributed by atoms with Crippen LogP contribution in [0.15, 0.2) is 12.0 Å². The Hall–Kier alpha value is -1.45. The summed E-state index contributed by atoms with van der Waals surface area (Å²) in [5, 5.41) is -6.84. The minimum atomic E-state index is -7.47. The van der Waals surface area contributed by atoms with E-state index in [1.54, 1.807) is 0 Å². The normalized spacial score (nSPS) is 23.5. The van der Waals surface area contributed by atoms with Crippen molar-refractivity contribution in [3.63, 3.8) is 0 Å². The molecule has 0 aromatic rings. The van der Waals surface area contributed by atoms with Crippen LogP contribution >= 0.6 is 0 Å². The topological polar surface area (TPSA) is 61.8 Å². The lowest BCUT2D eigenvalue weighted by molar-refractivity contribution is -0.462. The zero-order chi connectivity index (χ0) is 18.5.